The van der Waals surface area contributed by atoms with Gasteiger partial charge >= 0.3 is 0 Å². The molecule has 1 saturated heterocycles. The van der Waals surface area contributed by atoms with Crippen molar-refractivity contribution in [1.82, 2.24) is 9.80 Å². The number of ether oxygens (including phenoxy) is 2. The van der Waals surface area contributed by atoms with E-state index < -0.39 is 6.10 Å². The minimum Gasteiger partial charge on any atom is -0.457 e. The van der Waals surface area contributed by atoms with E-state index in [1.165, 1.54) is 32.1 Å². The van der Waals surface area contributed by atoms with Crippen molar-refractivity contribution in [1.29, 1.82) is 0 Å². The molecule has 3 aliphatic rings. The minimum absolute atomic E-state index is 0.0581. The molecule has 44 heavy (non-hydrogen) atoms. The molecule has 6 rings (SSSR count). The maximum atomic E-state index is 14.5. The van der Waals surface area contributed by atoms with Crippen molar-refractivity contribution in [3.63, 3.8) is 0 Å². The first kappa shape index (κ1) is 30.6. The molecule has 0 spiro atoms. The molecule has 1 saturated carbocycles. The van der Waals surface area contributed by atoms with Crippen LogP contribution in [0.15, 0.2) is 97.1 Å². The van der Waals surface area contributed by atoms with E-state index in [0.29, 0.717) is 12.5 Å². The van der Waals surface area contributed by atoms with Crippen molar-refractivity contribution in [2.24, 2.45) is 5.92 Å². The number of benzene rings is 3. The minimum atomic E-state index is -0.550. The highest BCUT2D eigenvalue weighted by molar-refractivity contribution is 5.98. The second-order valence-electron chi connectivity index (χ2n) is 12.7. The third-order valence-electron chi connectivity index (χ3n) is 9.47. The quantitative estimate of drug-likeness (QED) is 0.226. The largest absolute Gasteiger partial charge is 0.457 e. The molecule has 3 unspecified atom stereocenters. The third-order valence-corrected chi connectivity index (χ3v) is 9.47. The highest BCUT2D eigenvalue weighted by Crippen LogP contribution is 2.31. The molecule has 1 amide bonds. The van der Waals surface area contributed by atoms with E-state index in [1.807, 2.05) is 77.7 Å². The number of hydrogen-bond acceptors (Lipinski definition) is 5. The van der Waals surface area contributed by atoms with Crippen LogP contribution in [0.5, 0.6) is 11.5 Å². The second-order valence-corrected chi connectivity index (χ2v) is 12.7. The van der Waals surface area contributed by atoms with Crippen LogP contribution in [0.1, 0.15) is 57.4 Å². The molecule has 0 radical (unpaired) electrons. The Labute approximate surface area is 263 Å². The number of hydrogen-bond donors (Lipinski definition) is 0. The summed E-state index contributed by atoms with van der Waals surface area (Å²) in [6, 6.07) is 28.3. The molecule has 3 aromatic carbocycles. The smallest absolute Gasteiger partial charge is 0.258 e. The average molecular weight is 594 g/mol. The molecule has 2 aliphatic heterocycles. The molecule has 3 atom stereocenters. The van der Waals surface area contributed by atoms with Crippen LogP contribution in [0, 0.1) is 5.92 Å². The van der Waals surface area contributed by atoms with E-state index in [4.69, 9.17) is 9.47 Å². The fourth-order valence-electron chi connectivity index (χ4n) is 7.04. The standard InChI is InChI=1S/C38H47N3O3/c1-30-14-13-22-35(37(43-27-24-31-15-5-2-6-16-31)38(42)41(30)33-18-7-3-8-19-33)40-26-25-39(29-40)28-32-17-11-12-23-36(32)44-34-20-9-4-10-21-34/h3-4,7-13,17-23,30-31,35,37H,2,5-6,14-16,24-29H2,1H3/b22-13+. The van der Waals surface area contributed by atoms with E-state index in [0.717, 1.165) is 61.9 Å². The maximum absolute atomic E-state index is 14.5. The first-order chi connectivity index (χ1) is 21.7. The van der Waals surface area contributed by atoms with E-state index in [9.17, 15) is 4.79 Å². The normalized spacial score (nSPS) is 24.6. The number of nitrogens with zero attached hydrogens (tertiary/aromatic N) is 3. The van der Waals surface area contributed by atoms with Gasteiger partial charge in [-0.05, 0) is 56.0 Å². The van der Waals surface area contributed by atoms with Crippen molar-refractivity contribution < 1.29 is 14.3 Å². The van der Waals surface area contributed by atoms with Crippen LogP contribution in [0.25, 0.3) is 0 Å². The first-order valence-corrected chi connectivity index (χ1v) is 16.6. The lowest BCUT2D eigenvalue weighted by Crippen LogP contribution is -2.55. The fraction of sp³-hybridized carbons (Fsp3) is 0.447. The second kappa shape index (κ2) is 15.0. The van der Waals surface area contributed by atoms with Gasteiger partial charge in [-0.2, -0.15) is 0 Å². The molecule has 6 heteroatoms. The van der Waals surface area contributed by atoms with Gasteiger partial charge in [0.05, 0.1) is 12.7 Å². The SMILES string of the molecule is CC1C/C=C/C(N2CCN(Cc3ccccc3Oc3ccccc3)C2)C(OCCC2CCCCC2)C(=O)N1c1ccccc1. The Morgan fingerprint density at radius 1 is 0.841 bits per heavy atom. The third kappa shape index (κ3) is 7.60. The van der Waals surface area contributed by atoms with Gasteiger partial charge in [0.1, 0.15) is 11.5 Å². The number of amides is 1. The van der Waals surface area contributed by atoms with Gasteiger partial charge in [-0.15, -0.1) is 0 Å². The van der Waals surface area contributed by atoms with Crippen LogP contribution in [0.2, 0.25) is 0 Å². The Hall–Kier alpha value is -3.45. The van der Waals surface area contributed by atoms with Crippen LogP contribution in [0.4, 0.5) is 5.69 Å². The van der Waals surface area contributed by atoms with Crippen molar-refractivity contribution in [2.45, 2.75) is 76.6 Å². The van der Waals surface area contributed by atoms with Gasteiger partial charge in [0.2, 0.25) is 0 Å². The van der Waals surface area contributed by atoms with Crippen LogP contribution < -0.4 is 9.64 Å². The molecule has 0 N–H and O–H groups in total. The Kier molecular flexibility index (Phi) is 10.4. The molecular formula is C38H47N3O3. The maximum Gasteiger partial charge on any atom is 0.258 e. The molecule has 2 heterocycles. The predicted octanol–water partition coefficient (Wildman–Crippen LogP) is 7.66. The summed E-state index contributed by atoms with van der Waals surface area (Å²) < 4.78 is 12.9. The van der Waals surface area contributed by atoms with Gasteiger partial charge in [-0.3, -0.25) is 14.6 Å². The summed E-state index contributed by atoms with van der Waals surface area (Å²) in [6.07, 6.45) is 12.4. The lowest BCUT2D eigenvalue weighted by atomic mass is 9.87. The number of carbonyl (C=O) groups excluding carboxylic acids is 1. The summed E-state index contributed by atoms with van der Waals surface area (Å²) in [7, 11) is 0. The molecule has 3 aromatic rings. The Balaban J connectivity index is 1.19. The molecule has 0 bridgehead atoms. The van der Waals surface area contributed by atoms with E-state index in [2.05, 4.69) is 41.0 Å². The summed E-state index contributed by atoms with van der Waals surface area (Å²) >= 11 is 0. The van der Waals surface area contributed by atoms with Gasteiger partial charge in [-0.1, -0.05) is 98.9 Å². The molecule has 6 nitrogen and oxygen atoms in total. The van der Waals surface area contributed by atoms with Crippen LogP contribution in [-0.4, -0.2) is 60.3 Å². The lowest BCUT2D eigenvalue weighted by Gasteiger charge is -2.39. The van der Waals surface area contributed by atoms with E-state index >= 15 is 0 Å². The van der Waals surface area contributed by atoms with Gasteiger partial charge in [-0.25, -0.2) is 0 Å². The van der Waals surface area contributed by atoms with Gasteiger partial charge in [0.15, 0.2) is 6.10 Å². The number of anilines is 1. The molecule has 232 valence electrons. The Morgan fingerprint density at radius 3 is 2.36 bits per heavy atom. The number of rotatable bonds is 10. The topological polar surface area (TPSA) is 45.3 Å². The summed E-state index contributed by atoms with van der Waals surface area (Å²) in [5.74, 6) is 2.51. The molecule has 0 aromatic heterocycles. The summed E-state index contributed by atoms with van der Waals surface area (Å²) in [5.41, 5.74) is 2.10. The Morgan fingerprint density at radius 2 is 1.57 bits per heavy atom. The van der Waals surface area contributed by atoms with E-state index in [-0.39, 0.29) is 18.0 Å². The van der Waals surface area contributed by atoms with Crippen LogP contribution in [0.3, 0.4) is 0 Å². The van der Waals surface area contributed by atoms with Crippen LogP contribution >= 0.6 is 0 Å². The summed E-state index contributed by atoms with van der Waals surface area (Å²) in [4.78, 5) is 21.3. The highest BCUT2D eigenvalue weighted by atomic mass is 16.5. The van der Waals surface area contributed by atoms with Crippen molar-refractivity contribution >= 4 is 11.6 Å². The summed E-state index contributed by atoms with van der Waals surface area (Å²) in [6.45, 7) is 6.13. The van der Waals surface area contributed by atoms with Crippen molar-refractivity contribution in [2.75, 3.05) is 31.3 Å². The average Bonchev–Trinajstić information content (AvgIpc) is 3.52. The zero-order valence-electron chi connectivity index (χ0n) is 26.1. The van der Waals surface area contributed by atoms with Crippen molar-refractivity contribution in [3.05, 3.63) is 103 Å². The van der Waals surface area contributed by atoms with Crippen molar-refractivity contribution in [3.8, 4) is 11.5 Å². The zero-order valence-corrected chi connectivity index (χ0v) is 26.1. The van der Waals surface area contributed by atoms with Gasteiger partial charge < -0.3 is 14.4 Å². The first-order valence-electron chi connectivity index (χ1n) is 16.6. The number of para-hydroxylation sites is 3. The van der Waals surface area contributed by atoms with E-state index in [1.54, 1.807) is 0 Å². The molecular weight excluding hydrogens is 546 g/mol. The number of carbonyl (C=O) groups is 1. The van der Waals surface area contributed by atoms with Gasteiger partial charge in [0, 0.05) is 43.5 Å². The van der Waals surface area contributed by atoms with Crippen LogP contribution in [-0.2, 0) is 16.1 Å². The monoisotopic (exact) mass is 593 g/mol. The Bertz CT molecular complexity index is 1360. The summed E-state index contributed by atoms with van der Waals surface area (Å²) in [5, 5.41) is 0. The highest BCUT2D eigenvalue weighted by Gasteiger charge is 2.40. The predicted molar refractivity (Wildman–Crippen MR) is 177 cm³/mol. The zero-order chi connectivity index (χ0) is 30.1. The molecule has 2 fully saturated rings. The fourth-order valence-corrected chi connectivity index (χ4v) is 7.04. The lowest BCUT2D eigenvalue weighted by molar-refractivity contribution is -0.134. The van der Waals surface area contributed by atoms with Gasteiger partial charge in [0.25, 0.3) is 5.91 Å². The molecule has 1 aliphatic carbocycles.